The van der Waals surface area contributed by atoms with E-state index in [1.54, 1.807) is 12.1 Å². The average molecular weight is 346 g/mol. The molecule has 1 amide bonds. The molecule has 0 saturated heterocycles. The summed E-state index contributed by atoms with van der Waals surface area (Å²) in [5.41, 5.74) is 3.03. The van der Waals surface area contributed by atoms with Crippen molar-refractivity contribution in [2.24, 2.45) is 5.10 Å². The Morgan fingerprint density at radius 1 is 1.12 bits per heavy atom. The number of hydrogen-bond donors (Lipinski definition) is 1. The highest BCUT2D eigenvalue weighted by Gasteiger charge is 2.13. The Bertz CT molecular complexity index is 746. The number of carbonyl (C=O) groups excluding carboxylic acids is 1. The molecule has 0 aliphatic carbocycles. The van der Waals surface area contributed by atoms with Crippen LogP contribution in [-0.2, 0) is 10.2 Å². The second-order valence-corrected chi connectivity index (χ2v) is 6.49. The fraction of sp³-hybridized carbons (Fsp3) is 0.263. The van der Waals surface area contributed by atoms with Gasteiger partial charge in [-0.2, -0.15) is 5.10 Å². The van der Waals surface area contributed by atoms with E-state index >= 15 is 0 Å². The van der Waals surface area contributed by atoms with E-state index in [-0.39, 0.29) is 17.6 Å². The molecular weight excluding hydrogens is 326 g/mol. The van der Waals surface area contributed by atoms with Crippen LogP contribution >= 0.6 is 0 Å². The summed E-state index contributed by atoms with van der Waals surface area (Å²) in [6, 6.07) is 10.9. The predicted molar refractivity (Wildman–Crippen MR) is 92.7 cm³/mol. The van der Waals surface area contributed by atoms with Gasteiger partial charge in [0.25, 0.3) is 5.91 Å². The minimum Gasteiger partial charge on any atom is -0.484 e. The molecule has 0 aliphatic rings. The van der Waals surface area contributed by atoms with Crippen molar-refractivity contribution in [1.29, 1.82) is 0 Å². The third kappa shape index (κ3) is 5.38. The van der Waals surface area contributed by atoms with Crippen LogP contribution in [-0.4, -0.2) is 18.7 Å². The van der Waals surface area contributed by atoms with Crippen molar-refractivity contribution in [2.45, 2.75) is 26.2 Å². The van der Waals surface area contributed by atoms with Crippen LogP contribution in [0.3, 0.4) is 0 Å². The zero-order chi connectivity index (χ0) is 18.4. The molecule has 132 valence electrons. The van der Waals surface area contributed by atoms with Crippen LogP contribution in [0.1, 0.15) is 31.9 Å². The number of hydrazone groups is 1. The molecule has 6 heteroatoms. The number of rotatable bonds is 5. The molecule has 0 spiro atoms. The van der Waals surface area contributed by atoms with Crippen molar-refractivity contribution in [1.82, 2.24) is 5.43 Å². The van der Waals surface area contributed by atoms with Gasteiger partial charge in [-0.15, -0.1) is 0 Å². The molecule has 2 aromatic carbocycles. The van der Waals surface area contributed by atoms with Crippen LogP contribution < -0.4 is 10.2 Å². The maximum absolute atomic E-state index is 13.4. The van der Waals surface area contributed by atoms with Gasteiger partial charge in [-0.25, -0.2) is 14.2 Å². The van der Waals surface area contributed by atoms with Crippen molar-refractivity contribution < 1.29 is 18.3 Å². The minimum atomic E-state index is -0.756. The van der Waals surface area contributed by atoms with E-state index in [0.29, 0.717) is 5.75 Å². The molecule has 0 heterocycles. The molecule has 0 fully saturated rings. The number of halogens is 2. The highest BCUT2D eigenvalue weighted by molar-refractivity contribution is 5.83. The van der Waals surface area contributed by atoms with Crippen LogP contribution in [0.25, 0.3) is 0 Å². The maximum atomic E-state index is 13.4. The van der Waals surface area contributed by atoms with E-state index in [1.807, 2.05) is 12.1 Å². The molecule has 0 aromatic heterocycles. The number of amides is 1. The van der Waals surface area contributed by atoms with Gasteiger partial charge in [0.05, 0.1) is 11.8 Å². The van der Waals surface area contributed by atoms with Crippen LogP contribution in [0.5, 0.6) is 5.75 Å². The second-order valence-electron chi connectivity index (χ2n) is 6.49. The SMILES string of the molecule is CC(C)(C)c1ccc(OCC(=O)N/N=C\c2c(F)cccc2F)cc1. The van der Waals surface area contributed by atoms with Gasteiger partial charge < -0.3 is 4.74 Å². The number of ether oxygens (including phenoxy) is 1. The molecule has 2 rings (SSSR count). The van der Waals surface area contributed by atoms with E-state index < -0.39 is 17.5 Å². The van der Waals surface area contributed by atoms with Gasteiger partial charge in [0.1, 0.15) is 17.4 Å². The van der Waals surface area contributed by atoms with Crippen LogP contribution in [0.2, 0.25) is 0 Å². The summed E-state index contributed by atoms with van der Waals surface area (Å²) in [6.45, 7) is 6.05. The standard InChI is InChI=1S/C19H20F2N2O2/c1-19(2,3)13-7-9-14(10-8-13)25-12-18(24)23-22-11-15-16(20)5-4-6-17(15)21/h4-11H,12H2,1-3H3,(H,23,24)/b22-11-. The van der Waals surface area contributed by atoms with Gasteiger partial charge in [-0.1, -0.05) is 39.0 Å². The first-order valence-corrected chi connectivity index (χ1v) is 7.76. The summed E-state index contributed by atoms with van der Waals surface area (Å²) >= 11 is 0. The van der Waals surface area contributed by atoms with Crippen LogP contribution in [0.15, 0.2) is 47.6 Å². The normalized spacial score (nSPS) is 11.6. The van der Waals surface area contributed by atoms with Crippen molar-refractivity contribution in [3.63, 3.8) is 0 Å². The summed E-state index contributed by atoms with van der Waals surface area (Å²) in [7, 11) is 0. The van der Waals surface area contributed by atoms with Gasteiger partial charge in [-0.05, 0) is 35.2 Å². The molecule has 0 atom stereocenters. The van der Waals surface area contributed by atoms with Crippen molar-refractivity contribution in [3.8, 4) is 5.75 Å². The molecule has 0 aliphatic heterocycles. The van der Waals surface area contributed by atoms with E-state index in [1.165, 1.54) is 6.07 Å². The Hall–Kier alpha value is -2.76. The van der Waals surface area contributed by atoms with E-state index in [4.69, 9.17) is 4.74 Å². The zero-order valence-corrected chi connectivity index (χ0v) is 14.3. The van der Waals surface area contributed by atoms with Crippen molar-refractivity contribution in [3.05, 3.63) is 65.2 Å². The van der Waals surface area contributed by atoms with Gasteiger partial charge in [-0.3, -0.25) is 4.79 Å². The third-order valence-corrected chi connectivity index (χ3v) is 3.47. The lowest BCUT2D eigenvalue weighted by molar-refractivity contribution is -0.123. The largest absolute Gasteiger partial charge is 0.484 e. The Balaban J connectivity index is 1.86. The number of nitrogens with one attached hydrogen (secondary N) is 1. The predicted octanol–water partition coefficient (Wildman–Crippen LogP) is 3.79. The maximum Gasteiger partial charge on any atom is 0.277 e. The van der Waals surface area contributed by atoms with Crippen LogP contribution in [0, 0.1) is 11.6 Å². The third-order valence-electron chi connectivity index (χ3n) is 3.47. The Morgan fingerprint density at radius 2 is 1.72 bits per heavy atom. The fourth-order valence-electron chi connectivity index (χ4n) is 2.04. The molecule has 2 aromatic rings. The van der Waals surface area contributed by atoms with Crippen molar-refractivity contribution in [2.75, 3.05) is 6.61 Å². The molecule has 0 bridgehead atoms. The minimum absolute atomic E-state index is 0.0343. The van der Waals surface area contributed by atoms with Gasteiger partial charge in [0.2, 0.25) is 0 Å². The highest BCUT2D eigenvalue weighted by atomic mass is 19.1. The highest BCUT2D eigenvalue weighted by Crippen LogP contribution is 2.24. The first kappa shape index (κ1) is 18.6. The average Bonchev–Trinajstić information content (AvgIpc) is 2.55. The summed E-state index contributed by atoms with van der Waals surface area (Å²) in [5.74, 6) is -1.50. The molecular formula is C19H20F2N2O2. The summed E-state index contributed by atoms with van der Waals surface area (Å²) < 4.78 is 32.1. The summed E-state index contributed by atoms with van der Waals surface area (Å²) in [5, 5.41) is 3.54. The molecule has 25 heavy (non-hydrogen) atoms. The van der Waals surface area contributed by atoms with Gasteiger partial charge >= 0.3 is 0 Å². The molecule has 0 saturated carbocycles. The lowest BCUT2D eigenvalue weighted by Crippen LogP contribution is -2.24. The zero-order valence-electron chi connectivity index (χ0n) is 14.3. The van der Waals surface area contributed by atoms with E-state index in [9.17, 15) is 13.6 Å². The first-order chi connectivity index (χ1) is 11.8. The van der Waals surface area contributed by atoms with E-state index in [2.05, 4.69) is 31.3 Å². The Labute approximate surface area is 145 Å². The molecule has 0 unspecified atom stereocenters. The van der Waals surface area contributed by atoms with Gasteiger partial charge in [0, 0.05) is 0 Å². The molecule has 0 radical (unpaired) electrons. The number of benzene rings is 2. The quantitative estimate of drug-likeness (QED) is 0.661. The second kappa shape index (κ2) is 7.88. The number of carbonyl (C=O) groups is 1. The molecule has 4 nitrogen and oxygen atoms in total. The lowest BCUT2D eigenvalue weighted by Gasteiger charge is -2.19. The van der Waals surface area contributed by atoms with Gasteiger partial charge in [0.15, 0.2) is 6.61 Å². The summed E-state index contributed by atoms with van der Waals surface area (Å²) in [4.78, 5) is 11.7. The Kier molecular flexibility index (Phi) is 5.85. The lowest BCUT2D eigenvalue weighted by atomic mass is 9.87. The van der Waals surface area contributed by atoms with E-state index in [0.717, 1.165) is 23.9 Å². The summed E-state index contributed by atoms with van der Waals surface area (Å²) in [6.07, 6.45) is 0.917. The number of hydrogen-bond acceptors (Lipinski definition) is 3. The first-order valence-electron chi connectivity index (χ1n) is 7.76. The Morgan fingerprint density at radius 3 is 2.28 bits per heavy atom. The fourth-order valence-corrected chi connectivity index (χ4v) is 2.04. The van der Waals surface area contributed by atoms with Crippen molar-refractivity contribution >= 4 is 12.1 Å². The molecule has 1 N–H and O–H groups in total. The smallest absolute Gasteiger partial charge is 0.277 e. The van der Waals surface area contributed by atoms with Crippen LogP contribution in [0.4, 0.5) is 8.78 Å². The number of nitrogens with zero attached hydrogens (tertiary/aromatic N) is 1. The monoisotopic (exact) mass is 346 g/mol. The topological polar surface area (TPSA) is 50.7 Å².